The molecule has 0 unspecified atom stereocenters. The molecule has 1 rings (SSSR count). The summed E-state index contributed by atoms with van der Waals surface area (Å²) in [6.45, 7) is 6.19. The Labute approximate surface area is 115 Å². The molecule has 18 heavy (non-hydrogen) atoms. The predicted molar refractivity (Wildman–Crippen MR) is 75.5 cm³/mol. The van der Waals surface area contributed by atoms with E-state index in [1.54, 1.807) is 19.1 Å². The van der Waals surface area contributed by atoms with Crippen molar-refractivity contribution in [1.82, 2.24) is 0 Å². The first kappa shape index (κ1) is 14.5. The van der Waals surface area contributed by atoms with Gasteiger partial charge in [0.05, 0.1) is 11.1 Å². The van der Waals surface area contributed by atoms with Gasteiger partial charge in [-0.05, 0) is 46.6 Å². The molecule has 1 aromatic carbocycles. The average Bonchev–Trinajstić information content (AvgIpc) is 2.35. The molecular formula is C14H15BrO3. The van der Waals surface area contributed by atoms with Gasteiger partial charge in [-0.2, -0.15) is 0 Å². The van der Waals surface area contributed by atoms with E-state index in [-0.39, 0.29) is 5.97 Å². The van der Waals surface area contributed by atoms with Crippen molar-refractivity contribution in [2.24, 2.45) is 0 Å². The number of ether oxygens (including phenoxy) is 2. The number of benzene rings is 1. The maximum Gasteiger partial charge on any atom is 0.330 e. The number of halogens is 1. The molecule has 0 radical (unpaired) electrons. The van der Waals surface area contributed by atoms with Gasteiger partial charge in [-0.1, -0.05) is 18.7 Å². The van der Waals surface area contributed by atoms with Crippen LogP contribution in [-0.4, -0.2) is 19.2 Å². The van der Waals surface area contributed by atoms with Crippen molar-refractivity contribution in [2.75, 3.05) is 13.2 Å². The van der Waals surface area contributed by atoms with E-state index in [1.807, 2.05) is 18.2 Å². The third-order valence-electron chi connectivity index (χ3n) is 2.01. The maximum absolute atomic E-state index is 11.2. The van der Waals surface area contributed by atoms with Crippen LogP contribution in [0, 0.1) is 0 Å². The molecule has 0 N–H and O–H groups in total. The van der Waals surface area contributed by atoms with Crippen molar-refractivity contribution in [3.05, 3.63) is 47.0 Å². The van der Waals surface area contributed by atoms with E-state index < -0.39 is 0 Å². The van der Waals surface area contributed by atoms with E-state index in [1.165, 1.54) is 6.08 Å². The summed E-state index contributed by atoms with van der Waals surface area (Å²) in [5.74, 6) is 0.392. The molecule has 0 bridgehead atoms. The highest BCUT2D eigenvalue weighted by atomic mass is 79.9. The standard InChI is InChI=1S/C14H15BrO3/c1-3-9-18-13-7-5-11(10-12(13)15)6-8-14(16)17-4-2/h3,5-8,10H,1,4,9H2,2H3/b8-6+. The molecule has 3 nitrogen and oxygen atoms in total. The Morgan fingerprint density at radius 3 is 2.89 bits per heavy atom. The monoisotopic (exact) mass is 310 g/mol. The zero-order valence-electron chi connectivity index (χ0n) is 10.2. The van der Waals surface area contributed by atoms with Crippen LogP contribution in [0.3, 0.4) is 0 Å². The third-order valence-corrected chi connectivity index (χ3v) is 2.63. The SMILES string of the molecule is C=CCOc1ccc(/C=C/C(=O)OCC)cc1Br. The normalized spacial score (nSPS) is 10.3. The van der Waals surface area contributed by atoms with Gasteiger partial charge in [0, 0.05) is 6.08 Å². The fraction of sp³-hybridized carbons (Fsp3) is 0.214. The summed E-state index contributed by atoms with van der Waals surface area (Å²) < 4.78 is 11.1. The summed E-state index contributed by atoms with van der Waals surface area (Å²) in [5, 5.41) is 0. The van der Waals surface area contributed by atoms with Crippen molar-refractivity contribution >= 4 is 28.0 Å². The molecule has 0 aromatic heterocycles. The van der Waals surface area contributed by atoms with Crippen molar-refractivity contribution in [1.29, 1.82) is 0 Å². The molecule has 0 aliphatic heterocycles. The lowest BCUT2D eigenvalue weighted by atomic mass is 10.2. The van der Waals surface area contributed by atoms with E-state index in [4.69, 9.17) is 9.47 Å². The summed E-state index contributed by atoms with van der Waals surface area (Å²) in [6, 6.07) is 5.56. The predicted octanol–water partition coefficient (Wildman–Crippen LogP) is 3.59. The average molecular weight is 311 g/mol. The van der Waals surface area contributed by atoms with Gasteiger partial charge < -0.3 is 9.47 Å². The van der Waals surface area contributed by atoms with Gasteiger partial charge in [0.15, 0.2) is 0 Å². The first-order valence-corrected chi connectivity index (χ1v) is 6.34. The Morgan fingerprint density at radius 1 is 1.50 bits per heavy atom. The summed E-state index contributed by atoms with van der Waals surface area (Å²) in [6.07, 6.45) is 4.77. The van der Waals surface area contributed by atoms with Gasteiger partial charge in [0.1, 0.15) is 12.4 Å². The third kappa shape index (κ3) is 4.75. The Balaban J connectivity index is 2.71. The van der Waals surface area contributed by atoms with Crippen LogP contribution in [-0.2, 0) is 9.53 Å². The van der Waals surface area contributed by atoms with E-state index in [0.717, 1.165) is 15.8 Å². The van der Waals surface area contributed by atoms with E-state index in [0.29, 0.717) is 13.2 Å². The molecule has 4 heteroatoms. The summed E-state index contributed by atoms with van der Waals surface area (Å²) >= 11 is 3.41. The second-order valence-corrected chi connectivity index (χ2v) is 4.23. The molecule has 0 aliphatic rings. The van der Waals surface area contributed by atoms with Crippen LogP contribution >= 0.6 is 15.9 Å². The van der Waals surface area contributed by atoms with Gasteiger partial charge in [-0.15, -0.1) is 0 Å². The smallest absolute Gasteiger partial charge is 0.330 e. The Morgan fingerprint density at radius 2 is 2.28 bits per heavy atom. The van der Waals surface area contributed by atoms with E-state index in [9.17, 15) is 4.79 Å². The zero-order chi connectivity index (χ0) is 13.4. The first-order chi connectivity index (χ1) is 8.67. The molecule has 0 spiro atoms. The quantitative estimate of drug-likeness (QED) is 0.457. The van der Waals surface area contributed by atoms with Crippen LogP contribution in [0.1, 0.15) is 12.5 Å². The van der Waals surface area contributed by atoms with Crippen LogP contribution in [0.25, 0.3) is 6.08 Å². The second kappa shape index (κ2) is 7.71. The molecule has 0 amide bonds. The lowest BCUT2D eigenvalue weighted by molar-refractivity contribution is -0.137. The minimum Gasteiger partial charge on any atom is -0.488 e. The van der Waals surface area contributed by atoms with Gasteiger partial charge in [-0.25, -0.2) is 4.79 Å². The highest BCUT2D eigenvalue weighted by molar-refractivity contribution is 9.10. The number of carbonyl (C=O) groups excluding carboxylic acids is 1. The Bertz CT molecular complexity index is 452. The van der Waals surface area contributed by atoms with Crippen LogP contribution in [0.5, 0.6) is 5.75 Å². The fourth-order valence-electron chi connectivity index (χ4n) is 1.24. The Kier molecular flexibility index (Phi) is 6.22. The highest BCUT2D eigenvalue weighted by Gasteiger charge is 2.01. The fourth-order valence-corrected chi connectivity index (χ4v) is 1.75. The van der Waals surface area contributed by atoms with Crippen molar-refractivity contribution in [3.8, 4) is 5.75 Å². The van der Waals surface area contributed by atoms with Gasteiger partial charge in [-0.3, -0.25) is 0 Å². The summed E-state index contributed by atoms with van der Waals surface area (Å²) in [7, 11) is 0. The molecule has 0 saturated carbocycles. The molecule has 1 aromatic rings. The maximum atomic E-state index is 11.2. The first-order valence-electron chi connectivity index (χ1n) is 5.55. The van der Waals surface area contributed by atoms with E-state index in [2.05, 4.69) is 22.5 Å². The Hall–Kier alpha value is -1.55. The second-order valence-electron chi connectivity index (χ2n) is 3.37. The van der Waals surface area contributed by atoms with Crippen molar-refractivity contribution in [2.45, 2.75) is 6.92 Å². The zero-order valence-corrected chi connectivity index (χ0v) is 11.8. The molecule has 0 fully saturated rings. The summed E-state index contributed by atoms with van der Waals surface area (Å²) in [5.41, 5.74) is 0.890. The summed E-state index contributed by atoms with van der Waals surface area (Å²) in [4.78, 5) is 11.2. The number of esters is 1. The van der Waals surface area contributed by atoms with Crippen LogP contribution in [0.15, 0.2) is 41.4 Å². The molecular weight excluding hydrogens is 296 g/mol. The topological polar surface area (TPSA) is 35.5 Å². The lowest BCUT2D eigenvalue weighted by Crippen LogP contribution is -1.98. The van der Waals surface area contributed by atoms with E-state index >= 15 is 0 Å². The molecule has 0 aliphatic carbocycles. The largest absolute Gasteiger partial charge is 0.488 e. The number of carbonyl (C=O) groups is 1. The highest BCUT2D eigenvalue weighted by Crippen LogP contribution is 2.26. The van der Waals surface area contributed by atoms with Gasteiger partial charge in [0.2, 0.25) is 0 Å². The molecule has 0 heterocycles. The minimum absolute atomic E-state index is 0.347. The molecule has 0 atom stereocenters. The van der Waals surface area contributed by atoms with Gasteiger partial charge >= 0.3 is 5.97 Å². The molecule has 96 valence electrons. The van der Waals surface area contributed by atoms with Gasteiger partial charge in [0.25, 0.3) is 0 Å². The number of rotatable bonds is 6. The number of hydrogen-bond donors (Lipinski definition) is 0. The van der Waals surface area contributed by atoms with Crippen LogP contribution in [0.2, 0.25) is 0 Å². The number of hydrogen-bond acceptors (Lipinski definition) is 3. The minimum atomic E-state index is -0.347. The van der Waals surface area contributed by atoms with Crippen LogP contribution in [0.4, 0.5) is 0 Å². The lowest BCUT2D eigenvalue weighted by Gasteiger charge is -2.06. The van der Waals surface area contributed by atoms with Crippen molar-refractivity contribution in [3.63, 3.8) is 0 Å². The van der Waals surface area contributed by atoms with Crippen molar-refractivity contribution < 1.29 is 14.3 Å². The van der Waals surface area contributed by atoms with Crippen LogP contribution < -0.4 is 4.74 Å². The molecule has 0 saturated heterocycles.